The van der Waals surface area contributed by atoms with Crippen LogP contribution in [0.3, 0.4) is 0 Å². The molecule has 252 valence electrons. The standard InChI is InChI=1S/C29H53NO13/c1-3-5-7-9-10-12-18(33)17(30-21(34)13-11-8-6-4-2)16-40-28-26(39)24(37)27(20(15-32)42-28)43-29-25(38)23(36)22(35)19(14-31)41-29/h10,12,17-20,22-29,31-33,35-39H,3-9,11,13-16H2,1-2H3,(H,30,34)/b12-10+. The summed E-state index contributed by atoms with van der Waals surface area (Å²) in [6.07, 6.45) is -5.78. The molecule has 0 saturated carbocycles. The number of carbonyl (C=O) groups is 1. The lowest BCUT2D eigenvalue weighted by Gasteiger charge is -2.46. The summed E-state index contributed by atoms with van der Waals surface area (Å²) in [6.45, 7) is 2.44. The minimum absolute atomic E-state index is 0.269. The van der Waals surface area contributed by atoms with E-state index >= 15 is 0 Å². The number of aliphatic hydroxyl groups is 8. The van der Waals surface area contributed by atoms with Crippen LogP contribution >= 0.6 is 0 Å². The van der Waals surface area contributed by atoms with Crippen molar-refractivity contribution in [2.24, 2.45) is 0 Å². The molecule has 0 radical (unpaired) electrons. The molecule has 2 heterocycles. The molecule has 2 fully saturated rings. The first-order chi connectivity index (χ1) is 20.6. The topological polar surface area (TPSA) is 228 Å². The van der Waals surface area contributed by atoms with Gasteiger partial charge in [0.05, 0.1) is 32.0 Å². The lowest BCUT2D eigenvalue weighted by Crippen LogP contribution is -2.65. The van der Waals surface area contributed by atoms with Gasteiger partial charge in [-0.1, -0.05) is 58.1 Å². The Morgan fingerprint density at radius 2 is 1.44 bits per heavy atom. The summed E-state index contributed by atoms with van der Waals surface area (Å²) in [6, 6.07) is -0.898. The van der Waals surface area contributed by atoms with Gasteiger partial charge in [-0.3, -0.25) is 4.79 Å². The van der Waals surface area contributed by atoms with Crippen molar-refractivity contribution in [2.45, 2.75) is 145 Å². The molecule has 2 rings (SSSR count). The molecule has 1 amide bonds. The summed E-state index contributed by atoms with van der Waals surface area (Å²) in [7, 11) is 0. The smallest absolute Gasteiger partial charge is 0.220 e. The summed E-state index contributed by atoms with van der Waals surface area (Å²) in [5, 5.41) is 84.9. The molecule has 43 heavy (non-hydrogen) atoms. The van der Waals surface area contributed by atoms with Crippen LogP contribution in [0.4, 0.5) is 0 Å². The monoisotopic (exact) mass is 623 g/mol. The van der Waals surface area contributed by atoms with Crippen molar-refractivity contribution >= 4 is 5.91 Å². The summed E-state index contributed by atoms with van der Waals surface area (Å²) in [5.41, 5.74) is 0. The molecule has 0 spiro atoms. The van der Waals surface area contributed by atoms with Gasteiger partial charge in [-0.05, 0) is 19.3 Å². The Morgan fingerprint density at radius 1 is 0.814 bits per heavy atom. The fraction of sp³-hybridized carbons (Fsp3) is 0.897. The van der Waals surface area contributed by atoms with E-state index < -0.39 is 86.8 Å². The molecule has 2 saturated heterocycles. The van der Waals surface area contributed by atoms with E-state index in [4.69, 9.17) is 18.9 Å². The maximum atomic E-state index is 12.6. The predicted molar refractivity (Wildman–Crippen MR) is 152 cm³/mol. The molecule has 9 N–H and O–H groups in total. The first kappa shape index (κ1) is 37.9. The highest BCUT2D eigenvalue weighted by atomic mass is 16.7. The Hall–Kier alpha value is -1.27. The summed E-state index contributed by atoms with van der Waals surface area (Å²) >= 11 is 0. The van der Waals surface area contributed by atoms with Crippen LogP contribution in [0.1, 0.15) is 71.6 Å². The van der Waals surface area contributed by atoms with Crippen LogP contribution in [0.15, 0.2) is 12.2 Å². The van der Waals surface area contributed by atoms with Crippen molar-refractivity contribution < 1.29 is 64.6 Å². The van der Waals surface area contributed by atoms with Crippen molar-refractivity contribution in [1.29, 1.82) is 0 Å². The highest BCUT2D eigenvalue weighted by Crippen LogP contribution is 2.29. The van der Waals surface area contributed by atoms with E-state index in [2.05, 4.69) is 19.2 Å². The molecule has 12 atom stereocenters. The SMILES string of the molecule is CCCCC/C=C/C(O)C(COC1OC(CO)C(OC2OC(CO)C(O)C(O)C2O)C(O)C1O)NC(=O)CCCCCC. The van der Waals surface area contributed by atoms with Gasteiger partial charge in [-0.15, -0.1) is 0 Å². The quantitative estimate of drug-likeness (QED) is 0.0595. The van der Waals surface area contributed by atoms with Crippen LogP contribution in [0.5, 0.6) is 0 Å². The number of amides is 1. The predicted octanol–water partition coefficient (Wildman–Crippen LogP) is -1.42. The Labute approximate surface area is 253 Å². The molecule has 14 nitrogen and oxygen atoms in total. The average molecular weight is 624 g/mol. The fourth-order valence-corrected chi connectivity index (χ4v) is 4.99. The number of nitrogens with one attached hydrogen (secondary N) is 1. The normalized spacial score (nSPS) is 34.7. The van der Waals surface area contributed by atoms with E-state index in [-0.39, 0.29) is 18.9 Å². The molecular weight excluding hydrogens is 570 g/mol. The average Bonchev–Trinajstić information content (AvgIpc) is 3.00. The molecular formula is C29H53NO13. The molecule has 0 aliphatic carbocycles. The Bertz CT molecular complexity index is 800. The first-order valence-electron chi connectivity index (χ1n) is 15.4. The molecule has 0 aromatic rings. The van der Waals surface area contributed by atoms with E-state index in [0.29, 0.717) is 6.42 Å². The summed E-state index contributed by atoms with van der Waals surface area (Å²) in [5.74, 6) is -0.269. The minimum atomic E-state index is -1.78. The number of hydrogen-bond acceptors (Lipinski definition) is 13. The van der Waals surface area contributed by atoms with Gasteiger partial charge in [0, 0.05) is 6.42 Å². The number of ether oxygens (including phenoxy) is 4. The van der Waals surface area contributed by atoms with Crippen LogP contribution in [0, 0.1) is 0 Å². The number of hydrogen-bond donors (Lipinski definition) is 9. The second kappa shape index (κ2) is 20.0. The third-order valence-corrected chi connectivity index (χ3v) is 7.72. The summed E-state index contributed by atoms with van der Waals surface area (Å²) < 4.78 is 22.2. The maximum absolute atomic E-state index is 12.6. The second-order valence-corrected chi connectivity index (χ2v) is 11.2. The van der Waals surface area contributed by atoms with Crippen molar-refractivity contribution in [3.63, 3.8) is 0 Å². The van der Waals surface area contributed by atoms with Crippen LogP contribution in [0.25, 0.3) is 0 Å². The number of aliphatic hydroxyl groups excluding tert-OH is 8. The van der Waals surface area contributed by atoms with Gasteiger partial charge in [0.15, 0.2) is 12.6 Å². The molecule has 0 bridgehead atoms. The van der Waals surface area contributed by atoms with Crippen LogP contribution in [-0.4, -0.2) is 140 Å². The third-order valence-electron chi connectivity index (χ3n) is 7.72. The van der Waals surface area contributed by atoms with Gasteiger partial charge >= 0.3 is 0 Å². The Morgan fingerprint density at radius 3 is 2.09 bits per heavy atom. The lowest BCUT2D eigenvalue weighted by atomic mass is 9.97. The number of unbranched alkanes of at least 4 members (excludes halogenated alkanes) is 6. The highest BCUT2D eigenvalue weighted by Gasteiger charge is 2.50. The largest absolute Gasteiger partial charge is 0.394 e. The van der Waals surface area contributed by atoms with Crippen LogP contribution < -0.4 is 5.32 Å². The second-order valence-electron chi connectivity index (χ2n) is 11.2. The fourth-order valence-electron chi connectivity index (χ4n) is 4.99. The molecule has 2 aliphatic rings. The van der Waals surface area contributed by atoms with E-state index in [1.807, 2.05) is 6.08 Å². The van der Waals surface area contributed by atoms with Crippen molar-refractivity contribution in [3.05, 3.63) is 12.2 Å². The number of allylic oxidation sites excluding steroid dienone is 1. The van der Waals surface area contributed by atoms with E-state index in [1.165, 1.54) is 0 Å². The minimum Gasteiger partial charge on any atom is -0.394 e. The summed E-state index contributed by atoms with van der Waals surface area (Å²) in [4.78, 5) is 12.6. The van der Waals surface area contributed by atoms with Gasteiger partial charge in [0.2, 0.25) is 5.91 Å². The van der Waals surface area contributed by atoms with Crippen molar-refractivity contribution in [1.82, 2.24) is 5.32 Å². The van der Waals surface area contributed by atoms with Gasteiger partial charge < -0.3 is 65.1 Å². The molecule has 12 unspecified atom stereocenters. The van der Waals surface area contributed by atoms with Gasteiger partial charge in [0.1, 0.15) is 48.8 Å². The molecule has 0 aromatic heterocycles. The van der Waals surface area contributed by atoms with E-state index in [9.17, 15) is 45.6 Å². The Kier molecular flexibility index (Phi) is 17.6. The van der Waals surface area contributed by atoms with Crippen LogP contribution in [0.2, 0.25) is 0 Å². The van der Waals surface area contributed by atoms with Crippen molar-refractivity contribution in [2.75, 3.05) is 19.8 Å². The Balaban J connectivity index is 2.06. The van der Waals surface area contributed by atoms with Gasteiger partial charge in [-0.2, -0.15) is 0 Å². The van der Waals surface area contributed by atoms with Crippen molar-refractivity contribution in [3.8, 4) is 0 Å². The maximum Gasteiger partial charge on any atom is 0.220 e. The lowest BCUT2D eigenvalue weighted by molar-refractivity contribution is -0.359. The first-order valence-corrected chi connectivity index (χ1v) is 15.4. The van der Waals surface area contributed by atoms with Gasteiger partial charge in [-0.25, -0.2) is 0 Å². The number of carbonyl (C=O) groups excluding carboxylic acids is 1. The van der Waals surface area contributed by atoms with Crippen LogP contribution in [-0.2, 0) is 23.7 Å². The molecule has 14 heteroatoms. The zero-order chi connectivity index (χ0) is 31.9. The molecule has 0 aromatic carbocycles. The van der Waals surface area contributed by atoms with E-state index in [1.54, 1.807) is 6.08 Å². The number of rotatable bonds is 19. The molecule has 2 aliphatic heterocycles. The third kappa shape index (κ3) is 11.6. The zero-order valence-electron chi connectivity index (χ0n) is 25.2. The highest BCUT2D eigenvalue weighted by molar-refractivity contribution is 5.76. The van der Waals surface area contributed by atoms with Gasteiger partial charge in [0.25, 0.3) is 0 Å². The van der Waals surface area contributed by atoms with E-state index in [0.717, 1.165) is 44.9 Å². The zero-order valence-corrected chi connectivity index (χ0v) is 25.2.